The largest absolute Gasteiger partial charge is 0.352 e. The van der Waals surface area contributed by atoms with Gasteiger partial charge in [0, 0.05) is 32.2 Å². The SMILES string of the molecule is CN(CC(=O)NC1CCN(C(=O)NC2CCCCC2)CC1)S(=O)(=O)c1ccc(C#N)cc1. The number of likely N-dealkylation sites (N-methyl/N-ethyl adjacent to an activating group) is 1. The molecule has 0 unspecified atom stereocenters. The van der Waals surface area contributed by atoms with Gasteiger partial charge in [0.1, 0.15) is 0 Å². The molecule has 1 saturated heterocycles. The summed E-state index contributed by atoms with van der Waals surface area (Å²) in [5.74, 6) is -0.380. The molecule has 1 aromatic rings. The molecule has 1 aliphatic carbocycles. The minimum absolute atomic E-state index is 0.0316. The number of nitrogens with zero attached hydrogens (tertiary/aromatic N) is 3. The first-order valence-electron chi connectivity index (χ1n) is 11.1. The quantitative estimate of drug-likeness (QED) is 0.669. The van der Waals surface area contributed by atoms with Gasteiger partial charge in [-0.05, 0) is 49.9 Å². The number of carbonyl (C=O) groups excluding carboxylic acids is 2. The molecule has 2 N–H and O–H groups in total. The van der Waals surface area contributed by atoms with Crippen LogP contribution in [-0.4, -0.2) is 68.3 Å². The Morgan fingerprint density at radius 1 is 1.03 bits per heavy atom. The number of urea groups is 1. The van der Waals surface area contributed by atoms with E-state index in [4.69, 9.17) is 5.26 Å². The average Bonchev–Trinajstić information content (AvgIpc) is 2.80. The predicted molar refractivity (Wildman–Crippen MR) is 119 cm³/mol. The van der Waals surface area contributed by atoms with E-state index in [1.807, 2.05) is 6.07 Å². The van der Waals surface area contributed by atoms with Crippen molar-refractivity contribution in [2.24, 2.45) is 0 Å². The van der Waals surface area contributed by atoms with Gasteiger partial charge in [-0.1, -0.05) is 19.3 Å². The molecule has 2 aliphatic rings. The molecule has 9 nitrogen and oxygen atoms in total. The van der Waals surface area contributed by atoms with Crippen LogP contribution in [0.1, 0.15) is 50.5 Å². The molecule has 1 saturated carbocycles. The van der Waals surface area contributed by atoms with Crippen molar-refractivity contribution in [1.29, 1.82) is 5.26 Å². The topological polar surface area (TPSA) is 123 Å². The molecule has 0 aromatic heterocycles. The lowest BCUT2D eigenvalue weighted by atomic mass is 9.95. The molecule has 0 bridgehead atoms. The van der Waals surface area contributed by atoms with E-state index < -0.39 is 10.0 Å². The van der Waals surface area contributed by atoms with Crippen molar-refractivity contribution in [1.82, 2.24) is 19.8 Å². The average molecular weight is 462 g/mol. The molecule has 0 atom stereocenters. The summed E-state index contributed by atoms with van der Waals surface area (Å²) in [4.78, 5) is 26.7. The van der Waals surface area contributed by atoms with Crippen molar-refractivity contribution < 1.29 is 18.0 Å². The zero-order valence-electron chi connectivity index (χ0n) is 18.4. The van der Waals surface area contributed by atoms with E-state index in [1.165, 1.54) is 37.7 Å². The number of amides is 3. The molecule has 0 spiro atoms. The van der Waals surface area contributed by atoms with Crippen LogP contribution in [0.15, 0.2) is 29.2 Å². The summed E-state index contributed by atoms with van der Waals surface area (Å²) in [7, 11) is -2.48. The predicted octanol–water partition coefficient (Wildman–Crippen LogP) is 1.80. The van der Waals surface area contributed by atoms with Crippen LogP contribution in [0.3, 0.4) is 0 Å². The third kappa shape index (κ3) is 6.20. The Labute approximate surface area is 189 Å². The molecule has 3 rings (SSSR count). The number of benzene rings is 1. The molecule has 174 valence electrons. The van der Waals surface area contributed by atoms with E-state index >= 15 is 0 Å². The van der Waals surface area contributed by atoms with Gasteiger partial charge in [-0.3, -0.25) is 4.79 Å². The summed E-state index contributed by atoms with van der Waals surface area (Å²) in [6, 6.07) is 7.66. The van der Waals surface area contributed by atoms with Gasteiger partial charge in [0.15, 0.2) is 0 Å². The molecule has 2 fully saturated rings. The number of nitrogens with one attached hydrogen (secondary N) is 2. The first-order chi connectivity index (χ1) is 15.3. The van der Waals surface area contributed by atoms with Crippen molar-refractivity contribution >= 4 is 22.0 Å². The Morgan fingerprint density at radius 3 is 2.22 bits per heavy atom. The van der Waals surface area contributed by atoms with Gasteiger partial charge in [0.05, 0.1) is 23.1 Å². The minimum Gasteiger partial charge on any atom is -0.352 e. The first kappa shape index (κ1) is 24.0. The van der Waals surface area contributed by atoms with E-state index in [2.05, 4.69) is 10.6 Å². The number of hydrogen-bond acceptors (Lipinski definition) is 5. The summed E-state index contributed by atoms with van der Waals surface area (Å²) in [6.07, 6.45) is 6.91. The third-order valence-electron chi connectivity index (χ3n) is 6.14. The Morgan fingerprint density at radius 2 is 1.62 bits per heavy atom. The zero-order valence-corrected chi connectivity index (χ0v) is 19.2. The number of sulfonamides is 1. The van der Waals surface area contributed by atoms with Crippen molar-refractivity contribution in [3.05, 3.63) is 29.8 Å². The highest BCUT2D eigenvalue weighted by Crippen LogP contribution is 2.19. The fourth-order valence-electron chi connectivity index (χ4n) is 4.18. The van der Waals surface area contributed by atoms with E-state index in [0.717, 1.165) is 30.0 Å². The maximum atomic E-state index is 12.7. The number of likely N-dealkylation sites (tertiary alicyclic amines) is 1. The lowest BCUT2D eigenvalue weighted by Gasteiger charge is -2.34. The summed E-state index contributed by atoms with van der Waals surface area (Å²) in [5.41, 5.74) is 0.364. The molecular weight excluding hydrogens is 430 g/mol. The van der Waals surface area contributed by atoms with Crippen LogP contribution < -0.4 is 10.6 Å². The van der Waals surface area contributed by atoms with Crippen LogP contribution in [0.5, 0.6) is 0 Å². The second-order valence-corrected chi connectivity index (χ2v) is 10.6. The molecule has 0 radical (unpaired) electrons. The van der Waals surface area contributed by atoms with Crippen LogP contribution >= 0.6 is 0 Å². The van der Waals surface area contributed by atoms with E-state index in [0.29, 0.717) is 31.5 Å². The molecule has 1 aliphatic heterocycles. The van der Waals surface area contributed by atoms with Gasteiger partial charge < -0.3 is 15.5 Å². The lowest BCUT2D eigenvalue weighted by molar-refractivity contribution is -0.122. The number of rotatable bonds is 6. The Balaban J connectivity index is 1.44. The Hall–Kier alpha value is -2.64. The second-order valence-electron chi connectivity index (χ2n) is 8.51. The molecule has 32 heavy (non-hydrogen) atoms. The lowest BCUT2D eigenvalue weighted by Crippen LogP contribution is -2.52. The fourth-order valence-corrected chi connectivity index (χ4v) is 5.31. The third-order valence-corrected chi connectivity index (χ3v) is 7.96. The number of hydrogen-bond donors (Lipinski definition) is 2. The highest BCUT2D eigenvalue weighted by molar-refractivity contribution is 7.89. The minimum atomic E-state index is -3.83. The molecule has 1 heterocycles. The highest BCUT2D eigenvalue weighted by Gasteiger charge is 2.27. The van der Waals surface area contributed by atoms with Gasteiger partial charge in [0.2, 0.25) is 15.9 Å². The first-order valence-corrected chi connectivity index (χ1v) is 12.5. The second kappa shape index (κ2) is 10.8. The summed E-state index contributed by atoms with van der Waals surface area (Å²) in [6.45, 7) is 0.816. The van der Waals surface area contributed by atoms with Gasteiger partial charge >= 0.3 is 6.03 Å². The maximum absolute atomic E-state index is 12.7. The van der Waals surface area contributed by atoms with Crippen LogP contribution in [-0.2, 0) is 14.8 Å². The zero-order chi connectivity index (χ0) is 23.1. The van der Waals surface area contributed by atoms with Crippen molar-refractivity contribution in [2.75, 3.05) is 26.7 Å². The Kier molecular flexibility index (Phi) is 8.10. The van der Waals surface area contributed by atoms with Crippen molar-refractivity contribution in [3.63, 3.8) is 0 Å². The van der Waals surface area contributed by atoms with Crippen molar-refractivity contribution in [3.8, 4) is 6.07 Å². The highest BCUT2D eigenvalue weighted by atomic mass is 32.2. The molecule has 1 aromatic carbocycles. The van der Waals surface area contributed by atoms with E-state index in [9.17, 15) is 18.0 Å². The van der Waals surface area contributed by atoms with Gasteiger partial charge in [-0.15, -0.1) is 0 Å². The summed E-state index contributed by atoms with van der Waals surface area (Å²) >= 11 is 0. The monoisotopic (exact) mass is 461 g/mol. The number of nitriles is 1. The smallest absolute Gasteiger partial charge is 0.317 e. The Bertz CT molecular complexity index is 944. The summed E-state index contributed by atoms with van der Waals surface area (Å²) < 4.78 is 26.3. The summed E-state index contributed by atoms with van der Waals surface area (Å²) in [5, 5.41) is 14.9. The van der Waals surface area contributed by atoms with Gasteiger partial charge in [0.25, 0.3) is 0 Å². The molecular formula is C22H31N5O4S. The van der Waals surface area contributed by atoms with Crippen molar-refractivity contribution in [2.45, 2.75) is 61.9 Å². The van der Waals surface area contributed by atoms with Crippen LogP contribution in [0, 0.1) is 11.3 Å². The normalized spacial score (nSPS) is 18.2. The number of piperidine rings is 1. The fraction of sp³-hybridized carbons (Fsp3) is 0.591. The van der Waals surface area contributed by atoms with E-state index in [-0.39, 0.29) is 35.5 Å². The van der Waals surface area contributed by atoms with Gasteiger partial charge in [-0.2, -0.15) is 9.57 Å². The molecule has 10 heteroatoms. The van der Waals surface area contributed by atoms with Gasteiger partial charge in [-0.25, -0.2) is 13.2 Å². The molecule has 3 amide bonds. The number of carbonyl (C=O) groups is 2. The van der Waals surface area contributed by atoms with Crippen LogP contribution in [0.25, 0.3) is 0 Å². The van der Waals surface area contributed by atoms with Crippen LogP contribution in [0.2, 0.25) is 0 Å². The maximum Gasteiger partial charge on any atom is 0.317 e. The van der Waals surface area contributed by atoms with E-state index in [1.54, 1.807) is 4.90 Å². The van der Waals surface area contributed by atoms with Crippen LogP contribution in [0.4, 0.5) is 4.79 Å². The standard InChI is InChI=1S/C22H31N5O4S/c1-26(32(30,31)20-9-7-17(15-23)8-10-20)16-21(28)24-19-11-13-27(14-12-19)22(29)25-18-5-3-2-4-6-18/h7-10,18-19H,2-6,11-14,16H2,1H3,(H,24,28)(H,25,29).